The maximum Gasteiger partial charge on any atom is 0.119 e. The van der Waals surface area contributed by atoms with Gasteiger partial charge in [0.25, 0.3) is 0 Å². The highest BCUT2D eigenvalue weighted by Crippen LogP contribution is 2.37. The summed E-state index contributed by atoms with van der Waals surface area (Å²) in [4.78, 5) is 0. The molecule has 0 unspecified atom stereocenters. The molecule has 1 fully saturated rings. The summed E-state index contributed by atoms with van der Waals surface area (Å²) in [5, 5.41) is 8.82. The normalized spacial score (nSPS) is 20.3. The maximum absolute atomic E-state index is 8.82. The molecule has 1 saturated carbocycles. The smallest absolute Gasteiger partial charge is 0.119 e. The molecule has 0 aliphatic heterocycles. The molecule has 3 rings (SSSR count). The molecule has 124 valence electrons. The minimum atomic E-state index is 0.534. The van der Waals surface area contributed by atoms with Crippen molar-refractivity contribution in [3.8, 4) is 11.8 Å². The molecule has 0 spiro atoms. The van der Waals surface area contributed by atoms with Gasteiger partial charge in [0, 0.05) is 0 Å². The number of nitriles is 1. The molecule has 0 amide bonds. The largest absolute Gasteiger partial charge is 0.489 e. The Morgan fingerprint density at radius 1 is 0.958 bits per heavy atom. The Bertz CT molecular complexity index is 673. The van der Waals surface area contributed by atoms with Gasteiger partial charge in [-0.2, -0.15) is 5.26 Å². The lowest BCUT2D eigenvalue weighted by molar-refractivity contribution is 0.305. The average Bonchev–Trinajstić information content (AvgIpc) is 2.67. The van der Waals surface area contributed by atoms with E-state index in [-0.39, 0.29) is 0 Å². The molecular weight excluding hydrogens is 294 g/mol. The number of benzene rings is 2. The van der Waals surface area contributed by atoms with Crippen molar-refractivity contribution in [3.63, 3.8) is 0 Å². The Morgan fingerprint density at radius 2 is 1.62 bits per heavy atom. The average molecular weight is 319 g/mol. The molecule has 1 aliphatic rings. The molecule has 0 bridgehead atoms. The van der Waals surface area contributed by atoms with Gasteiger partial charge in [0.2, 0.25) is 0 Å². The van der Waals surface area contributed by atoms with Gasteiger partial charge in [0.1, 0.15) is 12.4 Å². The van der Waals surface area contributed by atoms with E-state index in [4.69, 9.17) is 10.00 Å². The number of nitrogens with zero attached hydrogens (tertiary/aromatic N) is 1. The van der Waals surface area contributed by atoms with Gasteiger partial charge < -0.3 is 4.74 Å². The standard InChI is InChI=1S/C22H25NO/c1-2-17-7-9-20(10-8-17)21-11-13-22(14-12-21)24-16-19-5-3-18(15-23)4-6-19/h3-6,11-14,17,20H,2,7-10,16H2,1H3. The molecule has 0 radical (unpaired) electrons. The summed E-state index contributed by atoms with van der Waals surface area (Å²) in [6.07, 6.45) is 6.72. The van der Waals surface area contributed by atoms with Gasteiger partial charge in [-0.05, 0) is 72.9 Å². The highest BCUT2D eigenvalue weighted by Gasteiger charge is 2.21. The Hall–Kier alpha value is -2.27. The van der Waals surface area contributed by atoms with Crippen LogP contribution in [-0.2, 0) is 6.61 Å². The summed E-state index contributed by atoms with van der Waals surface area (Å²) >= 11 is 0. The fourth-order valence-corrected chi connectivity index (χ4v) is 3.58. The predicted molar refractivity (Wildman–Crippen MR) is 96.9 cm³/mol. The summed E-state index contributed by atoms with van der Waals surface area (Å²) in [6, 6.07) is 18.3. The summed E-state index contributed by atoms with van der Waals surface area (Å²) in [5.74, 6) is 2.57. The van der Waals surface area contributed by atoms with E-state index in [0.717, 1.165) is 23.1 Å². The van der Waals surface area contributed by atoms with Crippen molar-refractivity contribution in [2.24, 2.45) is 5.92 Å². The van der Waals surface area contributed by atoms with Crippen molar-refractivity contribution in [1.82, 2.24) is 0 Å². The zero-order chi connectivity index (χ0) is 16.8. The van der Waals surface area contributed by atoms with Crippen LogP contribution in [-0.4, -0.2) is 0 Å². The third-order valence-electron chi connectivity index (χ3n) is 5.26. The van der Waals surface area contributed by atoms with Crippen LogP contribution in [0.4, 0.5) is 0 Å². The molecule has 2 nitrogen and oxygen atoms in total. The van der Waals surface area contributed by atoms with Crippen molar-refractivity contribution < 1.29 is 4.74 Å². The lowest BCUT2D eigenvalue weighted by Crippen LogP contribution is -2.12. The fourth-order valence-electron chi connectivity index (χ4n) is 3.58. The minimum absolute atomic E-state index is 0.534. The van der Waals surface area contributed by atoms with E-state index in [2.05, 4.69) is 37.3 Å². The quantitative estimate of drug-likeness (QED) is 0.695. The third kappa shape index (κ3) is 4.17. The zero-order valence-electron chi connectivity index (χ0n) is 14.4. The van der Waals surface area contributed by atoms with E-state index in [0.29, 0.717) is 12.2 Å². The van der Waals surface area contributed by atoms with Gasteiger partial charge in [-0.15, -0.1) is 0 Å². The van der Waals surface area contributed by atoms with Gasteiger partial charge in [-0.25, -0.2) is 0 Å². The summed E-state index contributed by atoms with van der Waals surface area (Å²) in [7, 11) is 0. The van der Waals surface area contributed by atoms with Crippen LogP contribution in [0.1, 0.15) is 61.6 Å². The second-order valence-electron chi connectivity index (χ2n) is 6.79. The fraction of sp³-hybridized carbons (Fsp3) is 0.409. The first-order chi connectivity index (χ1) is 11.8. The van der Waals surface area contributed by atoms with E-state index in [1.807, 2.05) is 24.3 Å². The van der Waals surface area contributed by atoms with Crippen LogP contribution < -0.4 is 4.74 Å². The van der Waals surface area contributed by atoms with Crippen molar-refractivity contribution >= 4 is 0 Å². The summed E-state index contributed by atoms with van der Waals surface area (Å²) in [5.41, 5.74) is 3.21. The second kappa shape index (κ2) is 8.02. The zero-order valence-corrected chi connectivity index (χ0v) is 14.4. The van der Waals surface area contributed by atoms with Crippen LogP contribution >= 0.6 is 0 Å². The van der Waals surface area contributed by atoms with Crippen LogP contribution in [0.2, 0.25) is 0 Å². The molecule has 24 heavy (non-hydrogen) atoms. The first kappa shape index (κ1) is 16.6. The molecule has 0 N–H and O–H groups in total. The predicted octanol–water partition coefficient (Wildman–Crippen LogP) is 5.82. The van der Waals surface area contributed by atoms with E-state index in [1.165, 1.54) is 37.7 Å². The van der Waals surface area contributed by atoms with Crippen LogP contribution in [0, 0.1) is 17.2 Å². The van der Waals surface area contributed by atoms with Crippen molar-refractivity contribution in [2.75, 3.05) is 0 Å². The lowest BCUT2D eigenvalue weighted by atomic mass is 9.78. The van der Waals surface area contributed by atoms with E-state index >= 15 is 0 Å². The van der Waals surface area contributed by atoms with Crippen molar-refractivity contribution in [3.05, 3.63) is 65.2 Å². The Balaban J connectivity index is 1.53. The van der Waals surface area contributed by atoms with Gasteiger partial charge in [0.15, 0.2) is 0 Å². The Kier molecular flexibility index (Phi) is 5.54. The molecule has 2 aromatic carbocycles. The number of hydrogen-bond donors (Lipinski definition) is 0. The first-order valence-electron chi connectivity index (χ1n) is 9.00. The molecular formula is C22H25NO. The highest BCUT2D eigenvalue weighted by molar-refractivity contribution is 5.32. The monoisotopic (exact) mass is 319 g/mol. The Labute approximate surface area is 145 Å². The van der Waals surface area contributed by atoms with E-state index < -0.39 is 0 Å². The number of rotatable bonds is 5. The second-order valence-corrected chi connectivity index (χ2v) is 6.79. The summed E-state index contributed by atoms with van der Waals surface area (Å²) in [6.45, 7) is 2.84. The van der Waals surface area contributed by atoms with Crippen molar-refractivity contribution in [2.45, 2.75) is 51.6 Å². The Morgan fingerprint density at radius 3 is 2.21 bits per heavy atom. The van der Waals surface area contributed by atoms with Gasteiger partial charge >= 0.3 is 0 Å². The van der Waals surface area contributed by atoms with Crippen molar-refractivity contribution in [1.29, 1.82) is 5.26 Å². The van der Waals surface area contributed by atoms with Crippen LogP contribution in [0.5, 0.6) is 5.75 Å². The number of ether oxygens (including phenoxy) is 1. The molecule has 0 heterocycles. The van der Waals surface area contributed by atoms with Gasteiger partial charge in [0.05, 0.1) is 11.6 Å². The maximum atomic E-state index is 8.82. The van der Waals surface area contributed by atoms with Gasteiger partial charge in [-0.3, -0.25) is 0 Å². The van der Waals surface area contributed by atoms with E-state index in [9.17, 15) is 0 Å². The SMILES string of the molecule is CCC1CCC(c2ccc(OCc3ccc(C#N)cc3)cc2)CC1. The molecule has 0 aromatic heterocycles. The van der Waals surface area contributed by atoms with E-state index in [1.54, 1.807) is 0 Å². The van der Waals surface area contributed by atoms with Crippen LogP contribution in [0.3, 0.4) is 0 Å². The molecule has 0 atom stereocenters. The highest BCUT2D eigenvalue weighted by atomic mass is 16.5. The minimum Gasteiger partial charge on any atom is -0.489 e. The molecule has 0 saturated heterocycles. The summed E-state index contributed by atoms with van der Waals surface area (Å²) < 4.78 is 5.86. The first-order valence-corrected chi connectivity index (χ1v) is 9.00. The number of hydrogen-bond acceptors (Lipinski definition) is 2. The van der Waals surface area contributed by atoms with Gasteiger partial charge in [-0.1, -0.05) is 37.6 Å². The molecule has 2 heteroatoms. The third-order valence-corrected chi connectivity index (χ3v) is 5.26. The molecule has 1 aliphatic carbocycles. The lowest BCUT2D eigenvalue weighted by Gasteiger charge is -2.28. The van der Waals surface area contributed by atoms with Crippen LogP contribution in [0.15, 0.2) is 48.5 Å². The topological polar surface area (TPSA) is 33.0 Å². The molecule has 2 aromatic rings. The van der Waals surface area contributed by atoms with Crippen LogP contribution in [0.25, 0.3) is 0 Å².